The van der Waals surface area contributed by atoms with Crippen LogP contribution < -0.4 is 10.1 Å². The van der Waals surface area contributed by atoms with Gasteiger partial charge in [0.25, 0.3) is 11.8 Å². The number of rotatable bonds is 8. The fraction of sp³-hybridized carbons (Fsp3) is 0.500. The Bertz CT molecular complexity index is 1830. The number of nitrogens with one attached hydrogen (secondary N) is 1. The summed E-state index contributed by atoms with van der Waals surface area (Å²) >= 11 is 6.66. The SMILES string of the molecule is CCC[C@H]1N(C(=O)c2ncccc2C(F)(F)F)CCC[C@]1(Oc1csc(C(F)(F)F)c1)C(=O)N1Cc2ccc(Cl)cc2C[C@@H]1C(=O)NC1CCOCC1. The van der Waals surface area contributed by atoms with Crippen LogP contribution in [0.1, 0.15) is 77.5 Å². The van der Waals surface area contributed by atoms with Crippen LogP contribution in [0, 0.1) is 0 Å². The molecular weight excluding hydrogens is 750 g/mol. The quantitative estimate of drug-likeness (QED) is 0.241. The van der Waals surface area contributed by atoms with Gasteiger partial charge in [-0.25, -0.2) is 0 Å². The van der Waals surface area contributed by atoms with Crippen molar-refractivity contribution in [2.24, 2.45) is 0 Å². The van der Waals surface area contributed by atoms with Gasteiger partial charge in [0, 0.05) is 67.9 Å². The maximum absolute atomic E-state index is 15.4. The lowest BCUT2D eigenvalue weighted by Crippen LogP contribution is -2.70. The van der Waals surface area contributed by atoms with Crippen LogP contribution in [0.25, 0.3) is 0 Å². The van der Waals surface area contributed by atoms with Crippen molar-refractivity contribution in [2.45, 2.75) is 94.5 Å². The minimum atomic E-state index is -4.93. The molecule has 53 heavy (non-hydrogen) atoms. The molecule has 0 radical (unpaired) electrons. The van der Waals surface area contributed by atoms with E-state index in [0.29, 0.717) is 54.4 Å². The number of piperidine rings is 1. The van der Waals surface area contributed by atoms with Crippen LogP contribution in [-0.4, -0.2) is 76.0 Å². The molecule has 17 heteroatoms. The van der Waals surface area contributed by atoms with Gasteiger partial charge in [-0.1, -0.05) is 31.0 Å². The number of ether oxygens (including phenoxy) is 2. The van der Waals surface area contributed by atoms with Gasteiger partial charge in [0.1, 0.15) is 22.4 Å². The second-order valence-corrected chi connectivity index (χ2v) is 14.7. The highest BCUT2D eigenvalue weighted by Gasteiger charge is 2.57. The van der Waals surface area contributed by atoms with E-state index < -0.39 is 63.9 Å². The predicted molar refractivity (Wildman–Crippen MR) is 182 cm³/mol. The van der Waals surface area contributed by atoms with Crippen molar-refractivity contribution in [1.82, 2.24) is 20.1 Å². The molecule has 0 saturated carbocycles. The number of nitrogens with zero attached hydrogens (tertiary/aromatic N) is 3. The summed E-state index contributed by atoms with van der Waals surface area (Å²) in [6.07, 6.45) is -7.18. The van der Waals surface area contributed by atoms with E-state index in [9.17, 15) is 35.9 Å². The van der Waals surface area contributed by atoms with Crippen LogP contribution >= 0.6 is 22.9 Å². The van der Waals surface area contributed by atoms with Crippen molar-refractivity contribution in [3.8, 4) is 5.75 Å². The molecule has 3 atom stereocenters. The average molecular weight is 787 g/mol. The van der Waals surface area contributed by atoms with Crippen LogP contribution in [0.5, 0.6) is 5.75 Å². The largest absolute Gasteiger partial charge is 0.474 e. The third kappa shape index (κ3) is 8.14. The summed E-state index contributed by atoms with van der Waals surface area (Å²) in [5.41, 5.74) is -2.87. The van der Waals surface area contributed by atoms with Crippen LogP contribution in [0.15, 0.2) is 48.0 Å². The first-order chi connectivity index (χ1) is 25.1. The lowest BCUT2D eigenvalue weighted by molar-refractivity contribution is -0.165. The molecule has 3 aliphatic heterocycles. The normalized spacial score (nSPS) is 22.6. The van der Waals surface area contributed by atoms with Gasteiger partial charge in [0.05, 0.1) is 11.6 Å². The Labute approximate surface area is 310 Å². The van der Waals surface area contributed by atoms with Crippen molar-refractivity contribution >= 4 is 40.7 Å². The van der Waals surface area contributed by atoms with Crippen LogP contribution in [0.4, 0.5) is 26.3 Å². The Hall–Kier alpha value is -3.89. The highest BCUT2D eigenvalue weighted by Crippen LogP contribution is 2.43. The fourth-order valence-electron chi connectivity index (χ4n) is 7.46. The van der Waals surface area contributed by atoms with E-state index in [1.165, 1.54) is 4.90 Å². The molecule has 0 unspecified atom stereocenters. The first kappa shape index (κ1) is 38.8. The van der Waals surface area contributed by atoms with Gasteiger partial charge in [-0.3, -0.25) is 19.4 Å². The monoisotopic (exact) mass is 786 g/mol. The Morgan fingerprint density at radius 3 is 2.49 bits per heavy atom. The number of carbonyl (C=O) groups is 3. The number of pyridine rings is 1. The molecule has 6 rings (SSSR count). The van der Waals surface area contributed by atoms with E-state index in [4.69, 9.17) is 21.1 Å². The topological polar surface area (TPSA) is 101 Å². The van der Waals surface area contributed by atoms with Gasteiger partial charge >= 0.3 is 12.4 Å². The molecule has 3 aromatic rings. The second kappa shape index (κ2) is 15.5. The van der Waals surface area contributed by atoms with Crippen LogP contribution in [0.2, 0.25) is 5.02 Å². The summed E-state index contributed by atoms with van der Waals surface area (Å²) in [7, 11) is 0. The van der Waals surface area contributed by atoms with E-state index >= 15 is 4.79 Å². The van der Waals surface area contributed by atoms with Crippen molar-refractivity contribution < 1.29 is 50.2 Å². The Balaban J connectivity index is 1.46. The standard InChI is InChI=1S/C36H37ClF6N4O5S/c1-2-5-28-34(52-25-18-29(53-20-25)36(41,42)43,11-4-13-46(28)32(49)30-26(35(38,39)40)6-3-12-44-30)33(50)47-19-21-7-8-23(37)16-22(21)17-27(47)31(48)45-24-9-14-51-15-10-24/h3,6-8,12,16,18,20,24,27-28H,2,4-5,9-11,13-15,17,19H2,1H3,(H,45,48)/t27-,28-,34-/m1/s1. The predicted octanol–water partition coefficient (Wildman–Crippen LogP) is 7.31. The number of alkyl halides is 6. The minimum Gasteiger partial charge on any atom is -0.474 e. The van der Waals surface area contributed by atoms with Gasteiger partial charge in [0.2, 0.25) is 11.5 Å². The third-order valence-corrected chi connectivity index (χ3v) is 11.1. The number of carbonyl (C=O) groups excluding carboxylic acids is 3. The average Bonchev–Trinajstić information content (AvgIpc) is 3.60. The van der Waals surface area contributed by atoms with E-state index in [-0.39, 0.29) is 50.6 Å². The van der Waals surface area contributed by atoms with Crippen molar-refractivity contribution in [2.75, 3.05) is 19.8 Å². The second-order valence-electron chi connectivity index (χ2n) is 13.4. The number of halogens is 7. The lowest BCUT2D eigenvalue weighted by atomic mass is 9.78. The fourth-order valence-corrected chi connectivity index (χ4v) is 8.33. The molecule has 0 aliphatic carbocycles. The number of hydrogen-bond acceptors (Lipinski definition) is 7. The summed E-state index contributed by atoms with van der Waals surface area (Å²) in [4.78, 5) is 48.9. The number of fused-ring (bicyclic) bond motifs is 1. The molecule has 2 fully saturated rings. The number of benzene rings is 1. The molecule has 3 aliphatic rings. The minimum absolute atomic E-state index is 0.0287. The summed E-state index contributed by atoms with van der Waals surface area (Å²) in [6, 6.07) is 4.98. The smallest absolute Gasteiger partial charge is 0.425 e. The molecule has 0 spiro atoms. The Morgan fingerprint density at radius 2 is 1.81 bits per heavy atom. The van der Waals surface area contributed by atoms with Gasteiger partial charge < -0.3 is 24.6 Å². The van der Waals surface area contributed by atoms with E-state index in [1.807, 2.05) is 0 Å². The summed E-state index contributed by atoms with van der Waals surface area (Å²) < 4.78 is 95.5. The van der Waals surface area contributed by atoms with Crippen LogP contribution in [0.3, 0.4) is 0 Å². The third-order valence-electron chi connectivity index (χ3n) is 9.95. The summed E-state index contributed by atoms with van der Waals surface area (Å²) in [5, 5.41) is 4.54. The molecule has 286 valence electrons. The number of thiophene rings is 1. The molecular formula is C36H37ClF6N4O5S. The summed E-state index contributed by atoms with van der Waals surface area (Å²) in [5.74, 6) is -2.66. The highest BCUT2D eigenvalue weighted by atomic mass is 35.5. The van der Waals surface area contributed by atoms with Crippen molar-refractivity contribution in [3.63, 3.8) is 0 Å². The van der Waals surface area contributed by atoms with E-state index in [2.05, 4.69) is 10.3 Å². The molecule has 9 nitrogen and oxygen atoms in total. The number of amides is 3. The van der Waals surface area contributed by atoms with Gasteiger partial charge in [-0.2, -0.15) is 26.3 Å². The van der Waals surface area contributed by atoms with Crippen molar-refractivity contribution in [3.05, 3.63) is 80.3 Å². The van der Waals surface area contributed by atoms with E-state index in [1.54, 1.807) is 25.1 Å². The molecule has 1 N–H and O–H groups in total. The van der Waals surface area contributed by atoms with E-state index in [0.717, 1.165) is 40.2 Å². The van der Waals surface area contributed by atoms with Gasteiger partial charge in [-0.05, 0) is 61.1 Å². The van der Waals surface area contributed by atoms with Gasteiger partial charge in [-0.15, -0.1) is 11.3 Å². The van der Waals surface area contributed by atoms with Gasteiger partial charge in [0.15, 0.2) is 0 Å². The zero-order chi connectivity index (χ0) is 38.1. The van der Waals surface area contributed by atoms with Crippen LogP contribution in [-0.2, 0) is 39.6 Å². The zero-order valence-electron chi connectivity index (χ0n) is 28.6. The molecule has 3 amide bonds. The maximum atomic E-state index is 15.4. The molecule has 5 heterocycles. The molecule has 2 saturated heterocycles. The first-order valence-corrected chi connectivity index (χ1v) is 18.5. The maximum Gasteiger partial charge on any atom is 0.425 e. The first-order valence-electron chi connectivity index (χ1n) is 17.3. The Morgan fingerprint density at radius 1 is 1.06 bits per heavy atom. The molecule has 2 aromatic heterocycles. The zero-order valence-corrected chi connectivity index (χ0v) is 30.1. The highest BCUT2D eigenvalue weighted by molar-refractivity contribution is 7.10. The number of hydrogen-bond donors (Lipinski definition) is 1. The molecule has 0 bridgehead atoms. The lowest BCUT2D eigenvalue weighted by Gasteiger charge is -2.51. The number of aromatic nitrogens is 1. The molecule has 1 aromatic carbocycles. The Kier molecular flexibility index (Phi) is 11.3. The van der Waals surface area contributed by atoms with Crippen molar-refractivity contribution in [1.29, 1.82) is 0 Å². The number of likely N-dealkylation sites (tertiary alicyclic amines) is 1. The summed E-state index contributed by atoms with van der Waals surface area (Å²) in [6.45, 7) is 2.42.